The van der Waals surface area contributed by atoms with Gasteiger partial charge in [0.25, 0.3) is 0 Å². The molecule has 1 aromatic rings. The van der Waals surface area contributed by atoms with Crippen LogP contribution >= 0.6 is 24.0 Å². The van der Waals surface area contributed by atoms with E-state index in [1.54, 1.807) is 4.31 Å². The second-order valence-corrected chi connectivity index (χ2v) is 8.65. The van der Waals surface area contributed by atoms with E-state index in [9.17, 15) is 17.2 Å². The number of hydrogen-bond acceptors (Lipinski definition) is 3. The topological polar surface area (TPSA) is 73.8 Å². The maximum atomic E-state index is 13.7. The Labute approximate surface area is 183 Å². The third-order valence-electron chi connectivity index (χ3n) is 4.41. The van der Waals surface area contributed by atoms with Crippen LogP contribution in [0.5, 0.6) is 0 Å². The summed E-state index contributed by atoms with van der Waals surface area (Å²) in [4.78, 5) is 4.33. The van der Waals surface area contributed by atoms with Gasteiger partial charge in [-0.1, -0.05) is 6.92 Å². The number of guanidine groups is 1. The molecule has 10 heteroatoms. The van der Waals surface area contributed by atoms with Gasteiger partial charge < -0.3 is 10.6 Å². The molecule has 0 spiro atoms. The number of nitrogens with one attached hydrogen (secondary N) is 2. The van der Waals surface area contributed by atoms with Crippen molar-refractivity contribution in [1.82, 2.24) is 14.9 Å². The molecule has 0 bridgehead atoms. The SMILES string of the molecule is CCCS(=O)(=O)N1CCC(NC(=NCc2cc(F)ccc2F)NCC)CC1.I. The summed E-state index contributed by atoms with van der Waals surface area (Å²) in [7, 11) is -3.17. The monoisotopic (exact) mass is 530 g/mol. The van der Waals surface area contributed by atoms with Gasteiger partial charge in [-0.25, -0.2) is 26.5 Å². The minimum atomic E-state index is -3.17. The van der Waals surface area contributed by atoms with E-state index in [1.165, 1.54) is 0 Å². The Morgan fingerprint density at radius 2 is 1.93 bits per heavy atom. The lowest BCUT2D eigenvalue weighted by molar-refractivity contribution is 0.306. The molecular weight excluding hydrogens is 501 g/mol. The first kappa shape index (κ1) is 25.0. The highest BCUT2D eigenvalue weighted by Gasteiger charge is 2.27. The van der Waals surface area contributed by atoms with Gasteiger partial charge in [0.2, 0.25) is 10.0 Å². The van der Waals surface area contributed by atoms with Crippen LogP contribution in [0.4, 0.5) is 8.78 Å². The quantitative estimate of drug-likeness (QED) is 0.323. The summed E-state index contributed by atoms with van der Waals surface area (Å²) in [6, 6.07) is 3.38. The lowest BCUT2D eigenvalue weighted by Crippen LogP contribution is -2.50. The Kier molecular flexibility index (Phi) is 10.6. The highest BCUT2D eigenvalue weighted by atomic mass is 127. The number of nitrogens with zero attached hydrogens (tertiary/aromatic N) is 2. The van der Waals surface area contributed by atoms with Gasteiger partial charge in [-0.15, -0.1) is 24.0 Å². The number of halogens is 3. The van der Waals surface area contributed by atoms with E-state index in [4.69, 9.17) is 0 Å². The van der Waals surface area contributed by atoms with Crippen LogP contribution in [-0.2, 0) is 16.6 Å². The lowest BCUT2D eigenvalue weighted by atomic mass is 10.1. The van der Waals surface area contributed by atoms with Crippen molar-refractivity contribution >= 4 is 40.0 Å². The molecule has 0 aliphatic carbocycles. The largest absolute Gasteiger partial charge is 0.357 e. The molecule has 6 nitrogen and oxygen atoms in total. The van der Waals surface area contributed by atoms with E-state index in [0.717, 1.165) is 18.2 Å². The van der Waals surface area contributed by atoms with Crippen molar-refractivity contribution in [2.75, 3.05) is 25.4 Å². The average molecular weight is 530 g/mol. The Hall–Kier alpha value is -1.01. The van der Waals surface area contributed by atoms with Crippen LogP contribution in [0, 0.1) is 11.6 Å². The Balaban J connectivity index is 0.00000392. The molecule has 0 atom stereocenters. The smallest absolute Gasteiger partial charge is 0.214 e. The minimum absolute atomic E-state index is 0. The zero-order valence-corrected chi connectivity index (χ0v) is 19.4. The summed E-state index contributed by atoms with van der Waals surface area (Å²) in [5, 5.41) is 6.35. The molecule has 0 aromatic heterocycles. The number of piperidine rings is 1. The van der Waals surface area contributed by atoms with Crippen molar-refractivity contribution in [1.29, 1.82) is 0 Å². The summed E-state index contributed by atoms with van der Waals surface area (Å²) in [6.07, 6.45) is 1.94. The Morgan fingerprint density at radius 1 is 1.25 bits per heavy atom. The van der Waals surface area contributed by atoms with Gasteiger partial charge in [0.15, 0.2) is 5.96 Å². The predicted octanol–water partition coefficient (Wildman–Crippen LogP) is 2.84. The second kappa shape index (κ2) is 11.9. The molecule has 28 heavy (non-hydrogen) atoms. The molecule has 0 unspecified atom stereocenters. The standard InChI is InChI=1S/C18H28F2N4O2S.HI/c1-3-11-27(25,26)24-9-7-16(8-10-24)23-18(21-4-2)22-13-14-12-15(19)5-6-17(14)20;/h5-6,12,16H,3-4,7-11,13H2,1-2H3,(H2,21,22,23);1H. The minimum Gasteiger partial charge on any atom is -0.357 e. The normalized spacial score (nSPS) is 16.5. The van der Waals surface area contributed by atoms with Gasteiger partial charge >= 0.3 is 0 Å². The number of hydrogen-bond donors (Lipinski definition) is 2. The molecule has 0 saturated carbocycles. The summed E-state index contributed by atoms with van der Waals surface area (Å²) in [5.41, 5.74) is 0.188. The zero-order valence-electron chi connectivity index (χ0n) is 16.2. The molecule has 0 radical (unpaired) electrons. The first-order valence-corrected chi connectivity index (χ1v) is 10.9. The number of aliphatic imine (C=N–C) groups is 1. The summed E-state index contributed by atoms with van der Waals surface area (Å²) < 4.78 is 52.8. The lowest BCUT2D eigenvalue weighted by Gasteiger charge is -2.32. The summed E-state index contributed by atoms with van der Waals surface area (Å²) in [6.45, 7) is 5.35. The number of benzene rings is 1. The first-order chi connectivity index (χ1) is 12.9. The highest BCUT2D eigenvalue weighted by Crippen LogP contribution is 2.15. The van der Waals surface area contributed by atoms with Crippen LogP contribution < -0.4 is 10.6 Å². The molecule has 160 valence electrons. The van der Waals surface area contributed by atoms with Crippen LogP contribution in [0.2, 0.25) is 0 Å². The molecule has 1 fully saturated rings. The van der Waals surface area contributed by atoms with Crippen LogP contribution in [0.1, 0.15) is 38.7 Å². The number of rotatable bonds is 7. The van der Waals surface area contributed by atoms with E-state index in [-0.39, 0.29) is 47.9 Å². The third-order valence-corrected chi connectivity index (χ3v) is 6.49. The maximum Gasteiger partial charge on any atom is 0.214 e. The number of sulfonamides is 1. The zero-order chi connectivity index (χ0) is 19.9. The van der Waals surface area contributed by atoms with Crippen molar-refractivity contribution in [2.45, 2.75) is 45.7 Å². The van der Waals surface area contributed by atoms with Gasteiger partial charge in [0.1, 0.15) is 11.6 Å². The first-order valence-electron chi connectivity index (χ1n) is 9.32. The van der Waals surface area contributed by atoms with Crippen LogP contribution in [0.15, 0.2) is 23.2 Å². The Bertz CT molecular complexity index is 754. The van der Waals surface area contributed by atoms with E-state index in [2.05, 4.69) is 15.6 Å². The van der Waals surface area contributed by atoms with Crippen molar-refractivity contribution in [3.05, 3.63) is 35.4 Å². The molecule has 1 saturated heterocycles. The van der Waals surface area contributed by atoms with Crippen molar-refractivity contribution in [3.8, 4) is 0 Å². The molecule has 2 N–H and O–H groups in total. The maximum absolute atomic E-state index is 13.7. The summed E-state index contributed by atoms with van der Waals surface area (Å²) in [5.74, 6) is -0.310. The van der Waals surface area contributed by atoms with Gasteiger partial charge in [-0.05, 0) is 44.4 Å². The van der Waals surface area contributed by atoms with E-state index in [1.807, 2.05) is 13.8 Å². The van der Waals surface area contributed by atoms with Gasteiger partial charge in [-0.2, -0.15) is 0 Å². The molecule has 2 rings (SSSR count). The molecule has 1 aliphatic heterocycles. The summed E-state index contributed by atoms with van der Waals surface area (Å²) >= 11 is 0. The van der Waals surface area contributed by atoms with Crippen LogP contribution in [-0.4, -0.2) is 50.1 Å². The van der Waals surface area contributed by atoms with Crippen LogP contribution in [0.3, 0.4) is 0 Å². The molecule has 0 amide bonds. The highest BCUT2D eigenvalue weighted by molar-refractivity contribution is 14.0. The molecular formula is C18H29F2IN4O2S. The third kappa shape index (κ3) is 7.43. The van der Waals surface area contributed by atoms with E-state index in [0.29, 0.717) is 44.9 Å². The van der Waals surface area contributed by atoms with Crippen molar-refractivity contribution < 1.29 is 17.2 Å². The fraction of sp³-hybridized carbons (Fsp3) is 0.611. The van der Waals surface area contributed by atoms with E-state index < -0.39 is 21.7 Å². The average Bonchev–Trinajstić information content (AvgIpc) is 2.63. The predicted molar refractivity (Wildman–Crippen MR) is 118 cm³/mol. The van der Waals surface area contributed by atoms with Gasteiger partial charge in [0, 0.05) is 31.2 Å². The molecule has 1 heterocycles. The fourth-order valence-corrected chi connectivity index (χ4v) is 4.55. The van der Waals surface area contributed by atoms with Crippen molar-refractivity contribution in [3.63, 3.8) is 0 Å². The molecule has 1 aliphatic rings. The van der Waals surface area contributed by atoms with Gasteiger partial charge in [0.05, 0.1) is 12.3 Å². The fourth-order valence-electron chi connectivity index (χ4n) is 3.01. The Morgan fingerprint density at radius 3 is 2.54 bits per heavy atom. The molecule has 1 aromatic carbocycles. The van der Waals surface area contributed by atoms with Crippen molar-refractivity contribution in [2.24, 2.45) is 4.99 Å². The second-order valence-electron chi connectivity index (χ2n) is 6.56. The van der Waals surface area contributed by atoms with Crippen LogP contribution in [0.25, 0.3) is 0 Å². The van der Waals surface area contributed by atoms with E-state index >= 15 is 0 Å². The van der Waals surface area contributed by atoms with Gasteiger partial charge in [-0.3, -0.25) is 0 Å².